The first-order chi connectivity index (χ1) is 19.5. The van der Waals surface area contributed by atoms with E-state index in [1.165, 1.54) is 5.56 Å². The summed E-state index contributed by atoms with van der Waals surface area (Å²) in [4.78, 5) is 16.6. The molecule has 6 rings (SSSR count). The van der Waals surface area contributed by atoms with Crippen molar-refractivity contribution in [2.24, 2.45) is 0 Å². The molecule has 1 spiro atoms. The number of fused-ring (bicyclic) bond motifs is 3. The summed E-state index contributed by atoms with van der Waals surface area (Å²) < 4.78 is 12.0. The second-order valence-corrected chi connectivity index (χ2v) is 10.7. The van der Waals surface area contributed by atoms with Gasteiger partial charge in [-0.05, 0) is 91.2 Å². The summed E-state index contributed by atoms with van der Waals surface area (Å²) in [7, 11) is 0. The number of carbonyl (C=O) groups excluding carboxylic acids is 1. The van der Waals surface area contributed by atoms with E-state index < -0.39 is 0 Å². The first-order valence-electron chi connectivity index (χ1n) is 13.9. The van der Waals surface area contributed by atoms with E-state index in [9.17, 15) is 10.1 Å². The minimum Gasteiger partial charge on any atom is -0.485 e. The molecule has 0 amide bonds. The molecule has 0 radical (unpaired) electrons. The average molecular weight is 533 g/mol. The molecule has 4 aromatic rings. The smallest absolute Gasteiger partial charge is 0.310 e. The van der Waals surface area contributed by atoms with Crippen molar-refractivity contribution in [2.75, 3.05) is 25.4 Å². The number of carbonyl (C=O) groups is 1. The Kier molecular flexibility index (Phi) is 6.87. The molecule has 3 aromatic carbocycles. The molecule has 202 valence electrons. The van der Waals surface area contributed by atoms with Crippen molar-refractivity contribution >= 4 is 22.6 Å². The number of rotatable bonds is 6. The Labute approximate surface area is 233 Å². The largest absolute Gasteiger partial charge is 0.485 e. The molecule has 1 unspecified atom stereocenters. The molecule has 1 aromatic heterocycles. The minimum absolute atomic E-state index is 0.0189. The molecule has 3 N–H and O–H groups in total. The number of pyridine rings is 1. The lowest BCUT2D eigenvalue weighted by atomic mass is 9.74. The molecule has 1 aliphatic heterocycles. The van der Waals surface area contributed by atoms with Gasteiger partial charge in [0.1, 0.15) is 17.7 Å². The number of hydrogen-bond donors (Lipinski definition) is 2. The van der Waals surface area contributed by atoms with Crippen LogP contribution in [0.5, 0.6) is 5.75 Å². The first-order valence-corrected chi connectivity index (χ1v) is 13.9. The van der Waals surface area contributed by atoms with Crippen molar-refractivity contribution < 1.29 is 14.3 Å². The van der Waals surface area contributed by atoms with Gasteiger partial charge in [0.05, 0.1) is 24.7 Å². The van der Waals surface area contributed by atoms with Crippen LogP contribution in [0.4, 0.5) is 5.82 Å². The van der Waals surface area contributed by atoms with E-state index >= 15 is 0 Å². The van der Waals surface area contributed by atoms with E-state index in [-0.39, 0.29) is 23.9 Å². The maximum absolute atomic E-state index is 12.4. The van der Waals surface area contributed by atoms with Gasteiger partial charge in [0.2, 0.25) is 0 Å². The van der Waals surface area contributed by atoms with Crippen LogP contribution in [-0.4, -0.2) is 30.6 Å². The molecule has 1 fully saturated rings. The van der Waals surface area contributed by atoms with Crippen LogP contribution >= 0.6 is 0 Å². The van der Waals surface area contributed by atoms with E-state index in [2.05, 4.69) is 40.6 Å². The highest BCUT2D eigenvalue weighted by molar-refractivity contribution is 6.01. The minimum atomic E-state index is -0.314. The fraction of sp³-hybridized carbons (Fsp3) is 0.303. The molecule has 0 saturated carbocycles. The highest BCUT2D eigenvalue weighted by Gasteiger charge is 2.45. The topological polar surface area (TPSA) is 110 Å². The van der Waals surface area contributed by atoms with Crippen LogP contribution in [0, 0.1) is 11.3 Å². The molecule has 7 heteroatoms. The monoisotopic (exact) mass is 532 g/mol. The Balaban J connectivity index is 1.44. The fourth-order valence-electron chi connectivity index (χ4n) is 6.42. The van der Waals surface area contributed by atoms with Crippen molar-refractivity contribution in [3.8, 4) is 22.9 Å². The molecule has 2 heterocycles. The number of nitrogens with one attached hydrogen (secondary N) is 1. The lowest BCUT2D eigenvalue weighted by molar-refractivity contribution is -0.142. The number of nitrogens with two attached hydrogens (primary N) is 1. The zero-order valence-corrected chi connectivity index (χ0v) is 22.6. The Morgan fingerprint density at radius 1 is 1.12 bits per heavy atom. The SMILES string of the molecule is CCOC(=O)Cc1ccc(C#N)cc1OC1CC2(CCNCC2)c2ccc(-c3cccc4c(N)nccc34)cc21. The van der Waals surface area contributed by atoms with Crippen LogP contribution in [0.3, 0.4) is 0 Å². The number of nitriles is 1. The third-order valence-corrected chi connectivity index (χ3v) is 8.36. The highest BCUT2D eigenvalue weighted by atomic mass is 16.5. The number of anilines is 1. The maximum atomic E-state index is 12.4. The van der Waals surface area contributed by atoms with Gasteiger partial charge in [-0.1, -0.05) is 36.4 Å². The van der Waals surface area contributed by atoms with Gasteiger partial charge in [-0.25, -0.2) is 4.98 Å². The maximum Gasteiger partial charge on any atom is 0.310 e. The second-order valence-electron chi connectivity index (χ2n) is 10.7. The quantitative estimate of drug-likeness (QED) is 0.311. The molecule has 40 heavy (non-hydrogen) atoms. The summed E-state index contributed by atoms with van der Waals surface area (Å²) in [6.45, 7) is 4.03. The Bertz CT molecular complexity index is 1640. The van der Waals surface area contributed by atoms with Gasteiger partial charge in [-0.2, -0.15) is 5.26 Å². The molecule has 2 aliphatic rings. The first kappa shape index (κ1) is 25.8. The van der Waals surface area contributed by atoms with E-state index in [1.54, 1.807) is 31.3 Å². The number of esters is 1. The standard InChI is InChI=1S/C33H32N4O3/c1-2-39-31(38)18-23-7-6-21(20-34)16-29(23)40-30-19-33(11-14-36-15-12-33)28-9-8-22(17-27(28)30)24-4-3-5-26-25(24)10-13-37-32(26)35/h3-10,13,16-17,30,36H,2,11-12,14-15,18-19H2,1H3,(H2,35,37). The summed E-state index contributed by atoms with van der Waals surface area (Å²) in [6, 6.07) is 22.3. The van der Waals surface area contributed by atoms with Crippen molar-refractivity contribution in [1.82, 2.24) is 10.3 Å². The summed E-state index contributed by atoms with van der Waals surface area (Å²) >= 11 is 0. The molecule has 1 saturated heterocycles. The molecule has 0 bridgehead atoms. The van der Waals surface area contributed by atoms with Crippen LogP contribution in [-0.2, 0) is 21.4 Å². The van der Waals surface area contributed by atoms with Gasteiger partial charge in [0.15, 0.2) is 0 Å². The number of aromatic nitrogens is 1. The van der Waals surface area contributed by atoms with Crippen molar-refractivity contribution in [3.63, 3.8) is 0 Å². The normalized spacial score (nSPS) is 17.4. The Hall–Kier alpha value is -4.41. The van der Waals surface area contributed by atoms with Crippen LogP contribution < -0.4 is 15.8 Å². The number of nitrogens with zero attached hydrogens (tertiary/aromatic N) is 2. The summed E-state index contributed by atoms with van der Waals surface area (Å²) in [5.41, 5.74) is 12.1. The van der Waals surface area contributed by atoms with Crippen LogP contribution in [0.15, 0.2) is 66.9 Å². The Morgan fingerprint density at radius 3 is 2.77 bits per heavy atom. The van der Waals surface area contributed by atoms with Gasteiger partial charge in [-0.15, -0.1) is 0 Å². The molecular formula is C33H32N4O3. The summed E-state index contributed by atoms with van der Waals surface area (Å²) in [6.07, 6.45) is 4.53. The van der Waals surface area contributed by atoms with Crippen LogP contribution in [0.2, 0.25) is 0 Å². The van der Waals surface area contributed by atoms with Gasteiger partial charge < -0.3 is 20.5 Å². The van der Waals surface area contributed by atoms with Gasteiger partial charge in [0, 0.05) is 22.6 Å². The Morgan fingerprint density at radius 2 is 1.98 bits per heavy atom. The van der Waals surface area contributed by atoms with Crippen molar-refractivity contribution in [3.05, 3.63) is 89.1 Å². The number of benzene rings is 3. The predicted molar refractivity (Wildman–Crippen MR) is 155 cm³/mol. The summed E-state index contributed by atoms with van der Waals surface area (Å²) in [5.74, 6) is 0.760. The average Bonchev–Trinajstić information content (AvgIpc) is 3.25. The van der Waals surface area contributed by atoms with E-state index in [0.29, 0.717) is 23.7 Å². The highest BCUT2D eigenvalue weighted by Crippen LogP contribution is 2.52. The van der Waals surface area contributed by atoms with E-state index in [0.717, 1.165) is 65.4 Å². The van der Waals surface area contributed by atoms with Gasteiger partial charge >= 0.3 is 5.97 Å². The number of nitrogen functional groups attached to an aromatic ring is 1. The third-order valence-electron chi connectivity index (χ3n) is 8.36. The predicted octanol–water partition coefficient (Wildman–Crippen LogP) is 5.61. The zero-order chi connectivity index (χ0) is 27.7. The molecule has 1 atom stereocenters. The van der Waals surface area contributed by atoms with Crippen molar-refractivity contribution in [1.29, 1.82) is 5.26 Å². The molecule has 7 nitrogen and oxygen atoms in total. The summed E-state index contributed by atoms with van der Waals surface area (Å²) in [5, 5.41) is 15.1. The number of hydrogen-bond acceptors (Lipinski definition) is 7. The van der Waals surface area contributed by atoms with Gasteiger partial charge in [-0.3, -0.25) is 4.79 Å². The van der Waals surface area contributed by atoms with E-state index in [4.69, 9.17) is 15.2 Å². The zero-order valence-electron chi connectivity index (χ0n) is 22.6. The third kappa shape index (κ3) is 4.65. The number of ether oxygens (including phenoxy) is 2. The number of piperidine rings is 1. The molecule has 1 aliphatic carbocycles. The van der Waals surface area contributed by atoms with Gasteiger partial charge in [0.25, 0.3) is 0 Å². The van der Waals surface area contributed by atoms with Crippen molar-refractivity contribution in [2.45, 2.75) is 44.1 Å². The van der Waals surface area contributed by atoms with Crippen LogP contribution in [0.1, 0.15) is 54.5 Å². The molecular weight excluding hydrogens is 500 g/mol. The lowest BCUT2D eigenvalue weighted by Crippen LogP contribution is -2.38. The van der Waals surface area contributed by atoms with E-state index in [1.807, 2.05) is 18.2 Å². The lowest BCUT2D eigenvalue weighted by Gasteiger charge is -2.35. The second kappa shape index (κ2) is 10.6. The van der Waals surface area contributed by atoms with Crippen LogP contribution in [0.25, 0.3) is 21.9 Å². The fourth-order valence-corrected chi connectivity index (χ4v) is 6.42.